The zero-order chi connectivity index (χ0) is 20.3. The number of thiazole rings is 1. The number of pyridine rings is 1. The van der Waals surface area contributed by atoms with Crippen LogP contribution in [0.15, 0.2) is 36.4 Å². The Labute approximate surface area is 163 Å². The minimum Gasteiger partial charge on any atom is -0.480 e. The van der Waals surface area contributed by atoms with Gasteiger partial charge in [0.05, 0.1) is 10.2 Å². The molecule has 5 N–H and O–H groups in total. The Morgan fingerprint density at radius 1 is 1.14 bits per heavy atom. The van der Waals surface area contributed by atoms with E-state index in [1.165, 1.54) is 36.5 Å². The van der Waals surface area contributed by atoms with Gasteiger partial charge in [-0.2, -0.15) is 0 Å². The predicted octanol–water partition coefficient (Wildman–Crippen LogP) is 1.41. The molecule has 0 aliphatic carbocycles. The molecular weight excluding hydrogens is 382 g/mol. The van der Waals surface area contributed by atoms with Gasteiger partial charge in [-0.1, -0.05) is 23.5 Å². The van der Waals surface area contributed by atoms with Crippen LogP contribution in [-0.2, 0) is 11.3 Å². The SMILES string of the molecule is C[C@H](NC(=O)c1cccc(C(=O)NCc2ccc3nc(N)sc3c2)n1)C(=O)O. The van der Waals surface area contributed by atoms with Gasteiger partial charge in [-0.3, -0.25) is 14.4 Å². The molecule has 0 bridgehead atoms. The van der Waals surface area contributed by atoms with Gasteiger partial charge in [0.15, 0.2) is 5.13 Å². The highest BCUT2D eigenvalue weighted by atomic mass is 32.1. The van der Waals surface area contributed by atoms with Gasteiger partial charge >= 0.3 is 5.97 Å². The van der Waals surface area contributed by atoms with Crippen molar-refractivity contribution < 1.29 is 19.5 Å². The maximum Gasteiger partial charge on any atom is 0.325 e. The third kappa shape index (κ3) is 4.41. The van der Waals surface area contributed by atoms with Gasteiger partial charge in [-0.05, 0) is 36.8 Å². The molecule has 144 valence electrons. The second kappa shape index (κ2) is 8.01. The van der Waals surface area contributed by atoms with Crippen molar-refractivity contribution in [3.63, 3.8) is 0 Å². The number of fused-ring (bicyclic) bond motifs is 1. The Hall–Kier alpha value is -3.53. The van der Waals surface area contributed by atoms with E-state index in [9.17, 15) is 14.4 Å². The number of rotatable bonds is 6. The van der Waals surface area contributed by atoms with Gasteiger partial charge in [0, 0.05) is 6.54 Å². The number of aliphatic carboxylic acids is 1. The molecule has 0 aliphatic rings. The lowest BCUT2D eigenvalue weighted by Gasteiger charge is -2.10. The highest BCUT2D eigenvalue weighted by Crippen LogP contribution is 2.24. The topological polar surface area (TPSA) is 147 Å². The summed E-state index contributed by atoms with van der Waals surface area (Å²) in [5.74, 6) is -2.29. The van der Waals surface area contributed by atoms with Crippen molar-refractivity contribution in [2.75, 3.05) is 5.73 Å². The van der Waals surface area contributed by atoms with Crippen molar-refractivity contribution in [1.29, 1.82) is 0 Å². The number of carbonyl (C=O) groups is 3. The molecule has 2 aromatic heterocycles. The third-order valence-corrected chi connectivity index (χ3v) is 4.70. The zero-order valence-corrected chi connectivity index (χ0v) is 15.6. The van der Waals surface area contributed by atoms with Crippen LogP contribution in [0.1, 0.15) is 33.5 Å². The minimum atomic E-state index is -1.16. The van der Waals surface area contributed by atoms with Crippen molar-refractivity contribution in [2.45, 2.75) is 19.5 Å². The molecule has 0 spiro atoms. The van der Waals surface area contributed by atoms with Crippen LogP contribution in [0.5, 0.6) is 0 Å². The quantitative estimate of drug-likeness (QED) is 0.490. The Morgan fingerprint density at radius 2 is 1.86 bits per heavy atom. The van der Waals surface area contributed by atoms with Gasteiger partial charge in [0.1, 0.15) is 17.4 Å². The van der Waals surface area contributed by atoms with Crippen molar-refractivity contribution in [1.82, 2.24) is 20.6 Å². The number of aromatic nitrogens is 2. The number of nitrogens with zero attached hydrogens (tertiary/aromatic N) is 2. The average molecular weight is 399 g/mol. The molecule has 1 atom stereocenters. The number of nitrogens with two attached hydrogens (primary N) is 1. The zero-order valence-electron chi connectivity index (χ0n) is 14.8. The van der Waals surface area contributed by atoms with Gasteiger partial charge in [-0.15, -0.1) is 0 Å². The summed E-state index contributed by atoms with van der Waals surface area (Å²) in [6, 6.07) is 8.89. The largest absolute Gasteiger partial charge is 0.480 e. The van der Waals surface area contributed by atoms with Gasteiger partial charge in [0.25, 0.3) is 11.8 Å². The lowest BCUT2D eigenvalue weighted by atomic mass is 10.2. The van der Waals surface area contributed by atoms with Crippen LogP contribution in [0.2, 0.25) is 0 Å². The lowest BCUT2D eigenvalue weighted by Crippen LogP contribution is -2.38. The van der Waals surface area contributed by atoms with E-state index in [1.807, 2.05) is 18.2 Å². The summed E-state index contributed by atoms with van der Waals surface area (Å²) in [5, 5.41) is 14.4. The molecule has 28 heavy (non-hydrogen) atoms. The van der Waals surface area contributed by atoms with E-state index < -0.39 is 23.8 Å². The number of hydrogen-bond acceptors (Lipinski definition) is 7. The lowest BCUT2D eigenvalue weighted by molar-refractivity contribution is -0.138. The predicted molar refractivity (Wildman–Crippen MR) is 104 cm³/mol. The van der Waals surface area contributed by atoms with Crippen LogP contribution in [0.25, 0.3) is 10.2 Å². The summed E-state index contributed by atoms with van der Waals surface area (Å²) < 4.78 is 0.925. The number of carbonyl (C=O) groups excluding carboxylic acids is 2. The molecule has 0 saturated carbocycles. The number of benzene rings is 1. The Bertz CT molecular complexity index is 1070. The highest BCUT2D eigenvalue weighted by molar-refractivity contribution is 7.22. The summed E-state index contributed by atoms with van der Waals surface area (Å²) in [7, 11) is 0. The number of amides is 2. The minimum absolute atomic E-state index is 0.0395. The first-order chi connectivity index (χ1) is 13.3. The molecule has 10 heteroatoms. The summed E-state index contributed by atoms with van der Waals surface area (Å²) in [6.07, 6.45) is 0. The molecule has 9 nitrogen and oxygen atoms in total. The number of hydrogen-bond donors (Lipinski definition) is 4. The fraction of sp³-hybridized carbons (Fsp3) is 0.167. The van der Waals surface area contributed by atoms with Crippen LogP contribution in [-0.4, -0.2) is 38.9 Å². The van der Waals surface area contributed by atoms with Crippen molar-refractivity contribution >= 4 is 44.5 Å². The third-order valence-electron chi connectivity index (χ3n) is 3.85. The Balaban J connectivity index is 1.66. The first-order valence-corrected chi connectivity index (χ1v) is 9.09. The normalized spacial score (nSPS) is 11.8. The van der Waals surface area contributed by atoms with Crippen molar-refractivity contribution in [3.8, 4) is 0 Å². The van der Waals surface area contributed by atoms with E-state index in [0.717, 1.165) is 15.8 Å². The first-order valence-electron chi connectivity index (χ1n) is 8.27. The Morgan fingerprint density at radius 3 is 2.57 bits per heavy atom. The van der Waals surface area contributed by atoms with Crippen LogP contribution in [0.4, 0.5) is 5.13 Å². The molecule has 0 unspecified atom stereocenters. The van der Waals surface area contributed by atoms with Gasteiger partial charge in [-0.25, -0.2) is 9.97 Å². The smallest absolute Gasteiger partial charge is 0.325 e. The maximum absolute atomic E-state index is 12.4. The molecule has 0 saturated heterocycles. The standard InChI is InChI=1S/C18H17N5O4S/c1-9(17(26)27)21-16(25)13-4-2-3-12(22-13)15(24)20-8-10-5-6-11-14(7-10)28-18(19)23-11/h2-7,9H,8H2,1H3,(H2,19,23)(H,20,24)(H,21,25)(H,26,27)/t9-/m0/s1. The van der Waals surface area contributed by atoms with E-state index in [-0.39, 0.29) is 17.9 Å². The van der Waals surface area contributed by atoms with E-state index in [1.54, 1.807) is 0 Å². The molecular formula is C18H17N5O4S. The first kappa shape index (κ1) is 19.2. The second-order valence-electron chi connectivity index (χ2n) is 5.98. The molecule has 1 aromatic carbocycles. The summed E-state index contributed by atoms with van der Waals surface area (Å²) in [6.45, 7) is 1.60. The van der Waals surface area contributed by atoms with E-state index in [0.29, 0.717) is 5.13 Å². The second-order valence-corrected chi connectivity index (χ2v) is 7.04. The summed E-state index contributed by atoms with van der Waals surface area (Å²) >= 11 is 1.36. The number of nitrogens with one attached hydrogen (secondary N) is 2. The molecule has 3 rings (SSSR count). The van der Waals surface area contributed by atoms with E-state index in [2.05, 4.69) is 20.6 Å². The highest BCUT2D eigenvalue weighted by Gasteiger charge is 2.17. The van der Waals surface area contributed by atoms with Crippen LogP contribution >= 0.6 is 11.3 Å². The van der Waals surface area contributed by atoms with E-state index in [4.69, 9.17) is 10.8 Å². The van der Waals surface area contributed by atoms with Gasteiger partial charge < -0.3 is 21.5 Å². The van der Waals surface area contributed by atoms with E-state index >= 15 is 0 Å². The molecule has 2 amide bonds. The van der Waals surface area contributed by atoms with Crippen LogP contribution in [0, 0.1) is 0 Å². The fourth-order valence-corrected chi connectivity index (χ4v) is 3.19. The molecule has 0 radical (unpaired) electrons. The summed E-state index contributed by atoms with van der Waals surface area (Å²) in [4.78, 5) is 43.4. The van der Waals surface area contributed by atoms with Gasteiger partial charge in [0.2, 0.25) is 0 Å². The van der Waals surface area contributed by atoms with Crippen molar-refractivity contribution in [3.05, 3.63) is 53.3 Å². The molecule has 2 heterocycles. The number of carboxylic acids is 1. The average Bonchev–Trinajstić information content (AvgIpc) is 3.05. The maximum atomic E-state index is 12.4. The molecule has 0 fully saturated rings. The molecule has 0 aliphatic heterocycles. The van der Waals surface area contributed by atoms with Crippen LogP contribution < -0.4 is 16.4 Å². The Kier molecular flexibility index (Phi) is 5.50. The fourth-order valence-electron chi connectivity index (χ4n) is 2.39. The number of anilines is 1. The monoisotopic (exact) mass is 399 g/mol. The number of carboxylic acid groups (broad SMARTS) is 1. The summed E-state index contributed by atoms with van der Waals surface area (Å²) in [5.41, 5.74) is 7.37. The van der Waals surface area contributed by atoms with Crippen LogP contribution in [0.3, 0.4) is 0 Å². The van der Waals surface area contributed by atoms with Crippen molar-refractivity contribution in [2.24, 2.45) is 0 Å². The number of nitrogen functional groups attached to an aromatic ring is 1. The molecule has 3 aromatic rings.